The molecule has 0 aromatic carbocycles. The lowest BCUT2D eigenvalue weighted by molar-refractivity contribution is 0.111. The molecule has 0 spiro atoms. The molecule has 2 heterocycles. The van der Waals surface area contributed by atoms with Gasteiger partial charge in [-0.2, -0.15) is 0 Å². The van der Waals surface area contributed by atoms with Crippen LogP contribution in [0.3, 0.4) is 0 Å². The minimum Gasteiger partial charge on any atom is -0.490 e. The molecule has 0 aliphatic carbocycles. The van der Waals surface area contributed by atoms with E-state index in [0.717, 1.165) is 11.1 Å². The van der Waals surface area contributed by atoms with Crippen LogP contribution < -0.4 is 10.1 Å². The summed E-state index contributed by atoms with van der Waals surface area (Å²) in [5.41, 5.74) is 1.92. The monoisotopic (exact) mass is 287 g/mol. The van der Waals surface area contributed by atoms with Crippen molar-refractivity contribution in [1.29, 1.82) is 0 Å². The molecule has 0 fully saturated rings. The first kappa shape index (κ1) is 14.4. The molecule has 0 saturated heterocycles. The van der Waals surface area contributed by atoms with Gasteiger partial charge < -0.3 is 15.2 Å². The van der Waals surface area contributed by atoms with E-state index in [2.05, 4.69) is 15.3 Å². The number of nitrogens with one attached hydrogen (secondary N) is 1. The van der Waals surface area contributed by atoms with Gasteiger partial charge in [0.15, 0.2) is 6.29 Å². The van der Waals surface area contributed by atoms with E-state index in [0.29, 0.717) is 17.7 Å². The first-order valence-corrected chi connectivity index (χ1v) is 6.15. The molecule has 0 unspecified atom stereocenters. The maximum absolute atomic E-state index is 10.7. The average Bonchev–Trinajstić information content (AvgIpc) is 2.52. The SMILES string of the molecule is O=Cc1cc(-c2cncc(OCCNC(=O)O)c2)ccn1. The van der Waals surface area contributed by atoms with E-state index < -0.39 is 6.09 Å². The minimum absolute atomic E-state index is 0.185. The summed E-state index contributed by atoms with van der Waals surface area (Å²) < 4.78 is 5.40. The Balaban J connectivity index is 2.06. The van der Waals surface area contributed by atoms with Gasteiger partial charge in [0.25, 0.3) is 0 Å². The number of ether oxygens (including phenoxy) is 1. The summed E-state index contributed by atoms with van der Waals surface area (Å²) >= 11 is 0. The van der Waals surface area contributed by atoms with Crippen molar-refractivity contribution in [3.63, 3.8) is 0 Å². The first-order chi connectivity index (χ1) is 10.2. The molecule has 0 aliphatic heterocycles. The van der Waals surface area contributed by atoms with Gasteiger partial charge in [-0.05, 0) is 23.8 Å². The Morgan fingerprint density at radius 2 is 2.19 bits per heavy atom. The number of aldehydes is 1. The molecule has 2 N–H and O–H groups in total. The Kier molecular flexibility index (Phi) is 4.81. The number of carbonyl (C=O) groups excluding carboxylic acids is 1. The summed E-state index contributed by atoms with van der Waals surface area (Å²) in [5.74, 6) is 0.518. The van der Waals surface area contributed by atoms with E-state index in [1.807, 2.05) is 0 Å². The summed E-state index contributed by atoms with van der Waals surface area (Å²) in [7, 11) is 0. The van der Waals surface area contributed by atoms with Crippen LogP contribution in [0.5, 0.6) is 5.75 Å². The average molecular weight is 287 g/mol. The largest absolute Gasteiger partial charge is 0.490 e. The van der Waals surface area contributed by atoms with Crippen LogP contribution >= 0.6 is 0 Å². The van der Waals surface area contributed by atoms with Crippen molar-refractivity contribution in [1.82, 2.24) is 15.3 Å². The molecule has 2 rings (SSSR count). The number of carboxylic acid groups (broad SMARTS) is 1. The second-order valence-electron chi connectivity index (χ2n) is 4.08. The molecule has 0 atom stereocenters. The lowest BCUT2D eigenvalue weighted by Crippen LogP contribution is -2.26. The summed E-state index contributed by atoms with van der Waals surface area (Å²) in [5, 5.41) is 10.6. The van der Waals surface area contributed by atoms with E-state index >= 15 is 0 Å². The summed E-state index contributed by atoms with van der Waals surface area (Å²) in [6.45, 7) is 0.386. The predicted octanol–water partition coefficient (Wildman–Crippen LogP) is 1.60. The zero-order chi connectivity index (χ0) is 15.1. The van der Waals surface area contributed by atoms with E-state index in [1.54, 1.807) is 30.6 Å². The molecule has 1 amide bonds. The van der Waals surface area contributed by atoms with E-state index in [-0.39, 0.29) is 13.2 Å². The van der Waals surface area contributed by atoms with Crippen LogP contribution in [0.15, 0.2) is 36.8 Å². The number of aromatic nitrogens is 2. The van der Waals surface area contributed by atoms with Gasteiger partial charge in [0.05, 0.1) is 12.7 Å². The fourth-order valence-corrected chi connectivity index (χ4v) is 1.67. The van der Waals surface area contributed by atoms with Crippen molar-refractivity contribution in [2.24, 2.45) is 0 Å². The Morgan fingerprint density at radius 1 is 1.33 bits per heavy atom. The Bertz CT molecular complexity index is 646. The van der Waals surface area contributed by atoms with Crippen LogP contribution in [0.25, 0.3) is 11.1 Å². The second kappa shape index (κ2) is 6.99. The smallest absolute Gasteiger partial charge is 0.404 e. The van der Waals surface area contributed by atoms with Crippen LogP contribution in [-0.4, -0.2) is 40.6 Å². The zero-order valence-electron chi connectivity index (χ0n) is 11.0. The van der Waals surface area contributed by atoms with Crippen LogP contribution in [0.4, 0.5) is 4.79 Å². The Labute approximate surface area is 120 Å². The zero-order valence-corrected chi connectivity index (χ0v) is 11.0. The van der Waals surface area contributed by atoms with Gasteiger partial charge in [0.2, 0.25) is 0 Å². The Hall–Kier alpha value is -2.96. The van der Waals surface area contributed by atoms with E-state index in [1.165, 1.54) is 6.20 Å². The van der Waals surface area contributed by atoms with Gasteiger partial charge in [-0.25, -0.2) is 4.79 Å². The normalized spacial score (nSPS) is 9.90. The predicted molar refractivity (Wildman–Crippen MR) is 74.4 cm³/mol. The molecule has 0 radical (unpaired) electrons. The molecule has 2 aromatic heterocycles. The molecular weight excluding hydrogens is 274 g/mol. The van der Waals surface area contributed by atoms with Crippen molar-refractivity contribution in [3.8, 4) is 16.9 Å². The summed E-state index contributed by atoms with van der Waals surface area (Å²) in [6.07, 6.45) is 4.31. The van der Waals surface area contributed by atoms with Crippen molar-refractivity contribution in [2.45, 2.75) is 0 Å². The highest BCUT2D eigenvalue weighted by atomic mass is 16.5. The van der Waals surface area contributed by atoms with Crippen molar-refractivity contribution < 1.29 is 19.4 Å². The van der Waals surface area contributed by atoms with Gasteiger partial charge in [-0.1, -0.05) is 0 Å². The van der Waals surface area contributed by atoms with Crippen molar-refractivity contribution in [3.05, 3.63) is 42.5 Å². The van der Waals surface area contributed by atoms with Gasteiger partial charge in [0, 0.05) is 18.0 Å². The third-order valence-corrected chi connectivity index (χ3v) is 2.60. The van der Waals surface area contributed by atoms with Crippen molar-refractivity contribution >= 4 is 12.4 Å². The standard InChI is InChI=1S/C14H13N3O4/c18-9-12-5-10(1-2-16-12)11-6-13(8-15-7-11)21-4-3-17-14(19)20/h1-2,5-9,17H,3-4H2,(H,19,20). The molecule has 2 aromatic rings. The molecular formula is C14H13N3O4. The highest BCUT2D eigenvalue weighted by Gasteiger charge is 2.03. The number of amides is 1. The van der Waals surface area contributed by atoms with Gasteiger partial charge in [0.1, 0.15) is 18.1 Å². The fourth-order valence-electron chi connectivity index (χ4n) is 1.67. The molecule has 0 aliphatic rings. The second-order valence-corrected chi connectivity index (χ2v) is 4.08. The molecule has 0 saturated carbocycles. The first-order valence-electron chi connectivity index (χ1n) is 6.15. The molecule has 0 bridgehead atoms. The number of pyridine rings is 2. The topological polar surface area (TPSA) is 101 Å². The quantitative estimate of drug-likeness (QED) is 0.618. The van der Waals surface area contributed by atoms with Gasteiger partial charge in [-0.3, -0.25) is 14.8 Å². The van der Waals surface area contributed by atoms with Crippen LogP contribution in [0.2, 0.25) is 0 Å². The van der Waals surface area contributed by atoms with Crippen LogP contribution in [0.1, 0.15) is 10.5 Å². The highest BCUT2D eigenvalue weighted by molar-refractivity contribution is 5.76. The van der Waals surface area contributed by atoms with Gasteiger partial charge >= 0.3 is 6.09 Å². The number of rotatable bonds is 6. The summed E-state index contributed by atoms with van der Waals surface area (Å²) in [4.78, 5) is 29.0. The molecule has 7 nitrogen and oxygen atoms in total. The van der Waals surface area contributed by atoms with Crippen LogP contribution in [0, 0.1) is 0 Å². The summed E-state index contributed by atoms with van der Waals surface area (Å²) in [6, 6.07) is 5.18. The third kappa shape index (κ3) is 4.27. The Morgan fingerprint density at radius 3 is 2.95 bits per heavy atom. The molecule has 21 heavy (non-hydrogen) atoms. The number of nitrogens with zero attached hydrogens (tertiary/aromatic N) is 2. The lowest BCUT2D eigenvalue weighted by atomic mass is 10.1. The molecule has 108 valence electrons. The van der Waals surface area contributed by atoms with E-state index in [9.17, 15) is 9.59 Å². The minimum atomic E-state index is -1.09. The number of hydrogen-bond donors (Lipinski definition) is 2. The number of carbonyl (C=O) groups is 2. The third-order valence-electron chi connectivity index (χ3n) is 2.60. The van der Waals surface area contributed by atoms with Gasteiger partial charge in [-0.15, -0.1) is 0 Å². The van der Waals surface area contributed by atoms with Crippen molar-refractivity contribution in [2.75, 3.05) is 13.2 Å². The fraction of sp³-hybridized carbons (Fsp3) is 0.143. The highest BCUT2D eigenvalue weighted by Crippen LogP contribution is 2.22. The maximum atomic E-state index is 10.7. The lowest BCUT2D eigenvalue weighted by Gasteiger charge is -2.07. The van der Waals surface area contributed by atoms with E-state index in [4.69, 9.17) is 9.84 Å². The molecule has 7 heteroatoms. The number of hydrogen-bond acceptors (Lipinski definition) is 5. The van der Waals surface area contributed by atoms with Crippen LogP contribution in [-0.2, 0) is 0 Å². The maximum Gasteiger partial charge on any atom is 0.404 e.